The monoisotopic (exact) mass is 378 g/mol. The zero-order valence-corrected chi connectivity index (χ0v) is 14.5. The van der Waals surface area contributed by atoms with Gasteiger partial charge in [-0.1, -0.05) is 31.0 Å². The third-order valence-electron chi connectivity index (χ3n) is 5.13. The number of ether oxygens (including phenoxy) is 1. The van der Waals surface area contributed by atoms with E-state index in [-0.39, 0.29) is 30.6 Å². The van der Waals surface area contributed by atoms with Gasteiger partial charge in [0.25, 0.3) is 0 Å². The highest BCUT2D eigenvalue weighted by Gasteiger charge is 2.49. The maximum absolute atomic E-state index is 12.8. The highest BCUT2D eigenvalue weighted by atomic mass is 35.5. The fourth-order valence-corrected chi connectivity index (χ4v) is 3.92. The van der Waals surface area contributed by atoms with E-state index in [0.29, 0.717) is 18.0 Å². The number of carbonyl (C=O) groups excluding carboxylic acids is 1. The lowest BCUT2D eigenvalue weighted by atomic mass is 9.67. The largest absolute Gasteiger partial charge is 0.573 e. The number of para-hydroxylation sites is 1. The van der Waals surface area contributed by atoms with Gasteiger partial charge in [0.05, 0.1) is 5.41 Å². The molecule has 8 heteroatoms. The summed E-state index contributed by atoms with van der Waals surface area (Å²) in [5, 5.41) is 6.12. The van der Waals surface area contributed by atoms with E-state index in [4.69, 9.17) is 0 Å². The van der Waals surface area contributed by atoms with Crippen molar-refractivity contribution in [2.75, 3.05) is 13.1 Å². The van der Waals surface area contributed by atoms with E-state index < -0.39 is 11.8 Å². The maximum Gasteiger partial charge on any atom is 0.573 e. The topological polar surface area (TPSA) is 50.4 Å². The second-order valence-corrected chi connectivity index (χ2v) is 6.57. The van der Waals surface area contributed by atoms with Crippen molar-refractivity contribution in [3.8, 4) is 5.75 Å². The molecule has 0 unspecified atom stereocenters. The fourth-order valence-electron chi connectivity index (χ4n) is 3.92. The minimum Gasteiger partial charge on any atom is -0.405 e. The van der Waals surface area contributed by atoms with Crippen molar-refractivity contribution in [3.05, 3.63) is 29.8 Å². The molecule has 1 heterocycles. The number of alkyl halides is 3. The average molecular weight is 379 g/mol. The summed E-state index contributed by atoms with van der Waals surface area (Å²) < 4.78 is 41.4. The van der Waals surface area contributed by atoms with E-state index in [1.54, 1.807) is 6.07 Å². The van der Waals surface area contributed by atoms with Crippen molar-refractivity contribution in [1.29, 1.82) is 0 Å². The highest BCUT2D eigenvalue weighted by Crippen LogP contribution is 2.44. The Hall–Kier alpha value is -1.47. The summed E-state index contributed by atoms with van der Waals surface area (Å²) in [5.41, 5.74) is -0.101. The number of rotatable bonds is 4. The molecule has 1 saturated carbocycles. The lowest BCUT2D eigenvalue weighted by Crippen LogP contribution is -2.47. The van der Waals surface area contributed by atoms with Crippen LogP contribution in [0.25, 0.3) is 0 Å². The minimum absolute atomic E-state index is 0. The van der Waals surface area contributed by atoms with E-state index >= 15 is 0 Å². The molecule has 1 aliphatic carbocycles. The van der Waals surface area contributed by atoms with E-state index in [0.717, 1.165) is 32.2 Å². The molecule has 1 saturated heterocycles. The van der Waals surface area contributed by atoms with Crippen LogP contribution in [0.5, 0.6) is 5.75 Å². The van der Waals surface area contributed by atoms with Gasteiger partial charge in [0.15, 0.2) is 0 Å². The van der Waals surface area contributed by atoms with Gasteiger partial charge in [0.2, 0.25) is 5.91 Å². The summed E-state index contributed by atoms with van der Waals surface area (Å²) in [7, 11) is 0. The summed E-state index contributed by atoms with van der Waals surface area (Å²) in [6.07, 6.45) is -0.753. The average Bonchev–Trinajstić information content (AvgIpc) is 2.97. The fraction of sp³-hybridized carbons (Fsp3) is 0.588. The summed E-state index contributed by atoms with van der Waals surface area (Å²) >= 11 is 0. The van der Waals surface area contributed by atoms with Crippen molar-refractivity contribution in [1.82, 2.24) is 10.6 Å². The van der Waals surface area contributed by atoms with Gasteiger partial charge >= 0.3 is 6.36 Å². The lowest BCUT2D eigenvalue weighted by Gasteiger charge is -2.37. The SMILES string of the molecule is Cl.O=C(NCc1ccccc1OC(F)(F)F)[C@@]12CCCC[C@H]1CNC2. The Morgan fingerprint density at radius 2 is 2.08 bits per heavy atom. The molecule has 1 aliphatic heterocycles. The van der Waals surface area contributed by atoms with Crippen LogP contribution in [0.15, 0.2) is 24.3 Å². The molecule has 0 bridgehead atoms. The van der Waals surface area contributed by atoms with Gasteiger partial charge in [-0.25, -0.2) is 0 Å². The number of fused-ring (bicyclic) bond motifs is 1. The first-order chi connectivity index (χ1) is 11.4. The summed E-state index contributed by atoms with van der Waals surface area (Å²) in [5.74, 6) is -0.0283. The van der Waals surface area contributed by atoms with Gasteiger partial charge in [-0.3, -0.25) is 4.79 Å². The number of carbonyl (C=O) groups is 1. The van der Waals surface area contributed by atoms with Gasteiger partial charge in [0.1, 0.15) is 5.75 Å². The third-order valence-corrected chi connectivity index (χ3v) is 5.13. The van der Waals surface area contributed by atoms with Gasteiger partial charge in [-0.15, -0.1) is 25.6 Å². The standard InChI is InChI=1S/C17H21F3N2O2.ClH/c18-17(19,20)24-14-7-2-1-5-12(14)9-22-15(23)16-8-4-3-6-13(16)10-21-11-16;/h1-2,5,7,13,21H,3-4,6,8-11H2,(H,22,23);1H/t13-,16+;/m0./s1. The smallest absolute Gasteiger partial charge is 0.405 e. The van der Waals surface area contributed by atoms with Gasteiger partial charge < -0.3 is 15.4 Å². The molecule has 140 valence electrons. The summed E-state index contributed by atoms with van der Waals surface area (Å²) in [4.78, 5) is 12.8. The van der Waals surface area contributed by atoms with Crippen LogP contribution in [-0.2, 0) is 11.3 Å². The number of hydrogen-bond acceptors (Lipinski definition) is 3. The molecule has 2 N–H and O–H groups in total. The Labute approximate surface area is 150 Å². The molecule has 2 fully saturated rings. The molecule has 1 aromatic rings. The third kappa shape index (κ3) is 4.39. The number of halogens is 4. The number of hydrogen-bond donors (Lipinski definition) is 2. The Balaban J connectivity index is 0.00000225. The second kappa shape index (κ2) is 7.83. The molecule has 1 amide bonds. The summed E-state index contributed by atoms with van der Waals surface area (Å²) in [6, 6.07) is 5.89. The zero-order chi connectivity index (χ0) is 17.2. The first-order valence-corrected chi connectivity index (χ1v) is 8.23. The van der Waals surface area contributed by atoms with Crippen molar-refractivity contribution in [2.24, 2.45) is 11.3 Å². The molecule has 2 aliphatic rings. The molecule has 0 spiro atoms. The van der Waals surface area contributed by atoms with E-state index in [1.807, 2.05) is 0 Å². The summed E-state index contributed by atoms with van der Waals surface area (Å²) in [6.45, 7) is 1.50. The number of benzene rings is 1. The Kier molecular flexibility index (Phi) is 6.21. The van der Waals surface area contributed by atoms with Gasteiger partial charge in [-0.05, 0) is 31.4 Å². The molecule has 2 atom stereocenters. The molecule has 0 radical (unpaired) electrons. The number of amides is 1. The highest BCUT2D eigenvalue weighted by molar-refractivity contribution is 5.85. The van der Waals surface area contributed by atoms with Gasteiger partial charge in [0, 0.05) is 18.7 Å². The molecule has 4 nitrogen and oxygen atoms in total. The molecule has 0 aromatic heterocycles. The second-order valence-electron chi connectivity index (χ2n) is 6.57. The lowest BCUT2D eigenvalue weighted by molar-refractivity contribution is -0.274. The van der Waals surface area contributed by atoms with Crippen LogP contribution < -0.4 is 15.4 Å². The van der Waals surface area contributed by atoms with E-state index in [9.17, 15) is 18.0 Å². The van der Waals surface area contributed by atoms with Crippen LogP contribution in [0, 0.1) is 11.3 Å². The zero-order valence-electron chi connectivity index (χ0n) is 13.7. The number of nitrogens with one attached hydrogen (secondary N) is 2. The van der Waals surface area contributed by atoms with Gasteiger partial charge in [-0.2, -0.15) is 0 Å². The van der Waals surface area contributed by atoms with Crippen molar-refractivity contribution in [2.45, 2.75) is 38.6 Å². The van der Waals surface area contributed by atoms with Crippen LogP contribution in [0.4, 0.5) is 13.2 Å². The van der Waals surface area contributed by atoms with Crippen LogP contribution in [0.1, 0.15) is 31.2 Å². The Morgan fingerprint density at radius 3 is 2.84 bits per heavy atom. The van der Waals surface area contributed by atoms with Crippen molar-refractivity contribution < 1.29 is 22.7 Å². The van der Waals surface area contributed by atoms with E-state index in [1.165, 1.54) is 18.2 Å². The molecule has 3 rings (SSSR count). The first kappa shape index (κ1) is 19.8. The Morgan fingerprint density at radius 1 is 1.32 bits per heavy atom. The first-order valence-electron chi connectivity index (χ1n) is 8.23. The maximum atomic E-state index is 12.8. The van der Waals surface area contributed by atoms with Crippen LogP contribution in [0.3, 0.4) is 0 Å². The minimum atomic E-state index is -4.75. The van der Waals surface area contributed by atoms with E-state index in [2.05, 4.69) is 15.4 Å². The molecular formula is C17H22ClF3N2O2. The predicted molar refractivity (Wildman–Crippen MR) is 89.5 cm³/mol. The predicted octanol–water partition coefficient (Wildman–Crippen LogP) is 3.40. The molecular weight excluding hydrogens is 357 g/mol. The van der Waals surface area contributed by atoms with Crippen molar-refractivity contribution >= 4 is 18.3 Å². The van der Waals surface area contributed by atoms with Crippen LogP contribution in [-0.4, -0.2) is 25.4 Å². The van der Waals surface area contributed by atoms with Crippen LogP contribution in [0.2, 0.25) is 0 Å². The molecule has 1 aromatic carbocycles. The molecule has 25 heavy (non-hydrogen) atoms. The Bertz CT molecular complexity index is 612. The quantitative estimate of drug-likeness (QED) is 0.844. The van der Waals surface area contributed by atoms with Crippen LogP contribution >= 0.6 is 12.4 Å². The van der Waals surface area contributed by atoms with Crippen molar-refractivity contribution in [3.63, 3.8) is 0 Å². The normalized spacial score (nSPS) is 25.6.